The molecule has 1 aromatic rings. The Labute approximate surface area is 108 Å². The average molecular weight is 274 g/mol. The van der Waals surface area contributed by atoms with Crippen molar-refractivity contribution in [1.82, 2.24) is 10.3 Å². The van der Waals surface area contributed by atoms with Crippen molar-refractivity contribution in [3.8, 4) is 0 Å². The van der Waals surface area contributed by atoms with Gasteiger partial charge in [-0.15, -0.1) is 0 Å². The van der Waals surface area contributed by atoms with E-state index < -0.39 is 22.6 Å². The molecule has 1 amide bonds. The van der Waals surface area contributed by atoms with Crippen LogP contribution in [-0.4, -0.2) is 33.6 Å². The minimum atomic E-state index is -0.751. The summed E-state index contributed by atoms with van der Waals surface area (Å²) >= 11 is 5.58. The number of halogens is 1. The fourth-order valence-corrected chi connectivity index (χ4v) is 1.50. The first-order valence-corrected chi connectivity index (χ1v) is 5.56. The second kappa shape index (κ2) is 6.27. The van der Waals surface area contributed by atoms with Crippen molar-refractivity contribution in [2.45, 2.75) is 19.4 Å². The largest absolute Gasteiger partial charge is 0.393 e. The highest BCUT2D eigenvalue weighted by Crippen LogP contribution is 2.25. The standard InChI is InChI=1S/C10H12ClN3O4/c1-6(15)2-4-13-10(16)7-3-5-12-9(11)8(7)14(17)18/h3,5-6,15H,2,4H2,1H3,(H,13,16). The number of pyridine rings is 1. The SMILES string of the molecule is CC(O)CCNC(=O)c1ccnc(Cl)c1[N+](=O)[O-]. The zero-order chi connectivity index (χ0) is 13.7. The van der Waals surface area contributed by atoms with Gasteiger partial charge >= 0.3 is 5.69 Å². The van der Waals surface area contributed by atoms with Gasteiger partial charge in [0.1, 0.15) is 5.56 Å². The maximum atomic E-state index is 11.7. The van der Waals surface area contributed by atoms with Crippen molar-refractivity contribution in [1.29, 1.82) is 0 Å². The molecule has 0 fully saturated rings. The summed E-state index contributed by atoms with van der Waals surface area (Å²) in [5.74, 6) is -0.619. The molecule has 18 heavy (non-hydrogen) atoms. The molecule has 1 atom stereocenters. The van der Waals surface area contributed by atoms with Gasteiger partial charge in [-0.25, -0.2) is 4.98 Å². The lowest BCUT2D eigenvalue weighted by atomic mass is 10.2. The molecule has 2 N–H and O–H groups in total. The van der Waals surface area contributed by atoms with E-state index in [0.29, 0.717) is 6.42 Å². The van der Waals surface area contributed by atoms with Gasteiger partial charge < -0.3 is 10.4 Å². The minimum Gasteiger partial charge on any atom is -0.393 e. The lowest BCUT2D eigenvalue weighted by Gasteiger charge is -2.07. The van der Waals surface area contributed by atoms with Crippen molar-refractivity contribution in [2.24, 2.45) is 0 Å². The van der Waals surface area contributed by atoms with E-state index in [2.05, 4.69) is 10.3 Å². The van der Waals surface area contributed by atoms with Gasteiger partial charge in [0.25, 0.3) is 5.91 Å². The molecule has 1 heterocycles. The number of amides is 1. The number of carbonyl (C=O) groups excluding carboxylic acids is 1. The topological polar surface area (TPSA) is 105 Å². The van der Waals surface area contributed by atoms with Crippen LogP contribution in [0.1, 0.15) is 23.7 Å². The van der Waals surface area contributed by atoms with E-state index in [-0.39, 0.29) is 17.3 Å². The Morgan fingerprint density at radius 1 is 1.72 bits per heavy atom. The lowest BCUT2D eigenvalue weighted by molar-refractivity contribution is -0.385. The maximum absolute atomic E-state index is 11.7. The van der Waals surface area contributed by atoms with Crippen molar-refractivity contribution in [2.75, 3.05) is 6.54 Å². The van der Waals surface area contributed by atoms with Crippen LogP contribution >= 0.6 is 11.6 Å². The third-order valence-electron chi connectivity index (χ3n) is 2.15. The fourth-order valence-electron chi connectivity index (χ4n) is 1.28. The summed E-state index contributed by atoms with van der Waals surface area (Å²) in [6.45, 7) is 1.80. The summed E-state index contributed by atoms with van der Waals surface area (Å²) in [7, 11) is 0. The molecule has 1 rings (SSSR count). The highest BCUT2D eigenvalue weighted by atomic mass is 35.5. The molecule has 8 heteroatoms. The molecular weight excluding hydrogens is 262 g/mol. The summed E-state index contributed by atoms with van der Waals surface area (Å²) in [6.07, 6.45) is 1.03. The number of rotatable bonds is 5. The number of nitro groups is 1. The Morgan fingerprint density at radius 3 is 2.94 bits per heavy atom. The van der Waals surface area contributed by atoms with Crippen molar-refractivity contribution in [3.63, 3.8) is 0 Å². The number of hydrogen-bond acceptors (Lipinski definition) is 5. The predicted molar refractivity (Wildman–Crippen MR) is 64.5 cm³/mol. The highest BCUT2D eigenvalue weighted by molar-refractivity contribution is 6.32. The number of nitrogens with one attached hydrogen (secondary N) is 1. The van der Waals surface area contributed by atoms with E-state index in [4.69, 9.17) is 16.7 Å². The number of aliphatic hydroxyl groups is 1. The summed E-state index contributed by atoms with van der Waals surface area (Å²) in [4.78, 5) is 25.3. The molecule has 0 spiro atoms. The van der Waals surface area contributed by atoms with Crippen LogP contribution in [0.3, 0.4) is 0 Å². The van der Waals surface area contributed by atoms with Crippen LogP contribution < -0.4 is 5.32 Å². The van der Waals surface area contributed by atoms with Gasteiger partial charge in [-0.1, -0.05) is 11.6 Å². The lowest BCUT2D eigenvalue weighted by Crippen LogP contribution is -2.27. The van der Waals surface area contributed by atoms with E-state index in [1.54, 1.807) is 6.92 Å². The molecule has 0 saturated carbocycles. The van der Waals surface area contributed by atoms with Crippen LogP contribution in [0.25, 0.3) is 0 Å². The average Bonchev–Trinajstić information content (AvgIpc) is 2.27. The van der Waals surface area contributed by atoms with Gasteiger partial charge in [0.2, 0.25) is 5.15 Å². The van der Waals surface area contributed by atoms with Crippen LogP contribution in [0, 0.1) is 10.1 Å². The Balaban J connectivity index is 2.86. The van der Waals surface area contributed by atoms with Gasteiger partial charge in [0, 0.05) is 12.7 Å². The first-order valence-electron chi connectivity index (χ1n) is 5.18. The third-order valence-corrected chi connectivity index (χ3v) is 2.43. The van der Waals surface area contributed by atoms with E-state index in [9.17, 15) is 14.9 Å². The zero-order valence-electron chi connectivity index (χ0n) is 9.59. The predicted octanol–water partition coefficient (Wildman–Crippen LogP) is 1.14. The maximum Gasteiger partial charge on any atom is 0.319 e. The van der Waals surface area contributed by atoms with Crippen LogP contribution in [0.5, 0.6) is 0 Å². The Morgan fingerprint density at radius 2 is 2.39 bits per heavy atom. The van der Waals surface area contributed by atoms with Crippen LogP contribution in [-0.2, 0) is 0 Å². The summed E-state index contributed by atoms with van der Waals surface area (Å²) in [5.41, 5.74) is -0.667. The molecule has 0 aromatic carbocycles. The number of nitrogens with zero attached hydrogens (tertiary/aromatic N) is 2. The van der Waals surface area contributed by atoms with Crippen LogP contribution in [0.4, 0.5) is 5.69 Å². The van der Waals surface area contributed by atoms with E-state index in [0.717, 1.165) is 0 Å². The van der Waals surface area contributed by atoms with Crippen molar-refractivity contribution >= 4 is 23.2 Å². The number of hydrogen-bond donors (Lipinski definition) is 2. The monoisotopic (exact) mass is 273 g/mol. The Kier molecular flexibility index (Phi) is 4.99. The molecule has 98 valence electrons. The number of aromatic nitrogens is 1. The molecule has 1 aromatic heterocycles. The summed E-state index contributed by atoms with van der Waals surface area (Å²) < 4.78 is 0. The Bertz CT molecular complexity index is 464. The van der Waals surface area contributed by atoms with Gasteiger partial charge in [0.15, 0.2) is 0 Å². The quantitative estimate of drug-likeness (QED) is 0.475. The Hall–Kier alpha value is -1.73. The molecule has 0 saturated heterocycles. The normalized spacial score (nSPS) is 11.9. The van der Waals surface area contributed by atoms with Crippen molar-refractivity contribution in [3.05, 3.63) is 33.1 Å². The molecule has 0 radical (unpaired) electrons. The number of aliphatic hydroxyl groups excluding tert-OH is 1. The van der Waals surface area contributed by atoms with Gasteiger partial charge in [-0.3, -0.25) is 14.9 Å². The smallest absolute Gasteiger partial charge is 0.319 e. The molecule has 0 aliphatic heterocycles. The summed E-state index contributed by atoms with van der Waals surface area (Å²) in [6, 6.07) is 1.22. The second-order valence-corrected chi connectivity index (χ2v) is 4.01. The third kappa shape index (κ3) is 3.64. The molecule has 1 unspecified atom stereocenters. The van der Waals surface area contributed by atoms with E-state index in [1.807, 2.05) is 0 Å². The minimum absolute atomic E-state index is 0.148. The first kappa shape index (κ1) is 14.3. The summed E-state index contributed by atoms with van der Waals surface area (Å²) in [5, 5.41) is 22.0. The molecule has 0 bridgehead atoms. The first-order chi connectivity index (χ1) is 8.43. The van der Waals surface area contributed by atoms with Gasteiger partial charge in [-0.2, -0.15) is 0 Å². The van der Waals surface area contributed by atoms with Crippen LogP contribution in [0.2, 0.25) is 5.15 Å². The van der Waals surface area contributed by atoms with Gasteiger partial charge in [0.05, 0.1) is 11.0 Å². The molecule has 7 nitrogen and oxygen atoms in total. The highest BCUT2D eigenvalue weighted by Gasteiger charge is 2.24. The van der Waals surface area contributed by atoms with Crippen LogP contribution in [0.15, 0.2) is 12.3 Å². The number of carbonyl (C=O) groups is 1. The molecule has 0 aliphatic rings. The van der Waals surface area contributed by atoms with E-state index in [1.165, 1.54) is 12.3 Å². The molecular formula is C10H12ClN3O4. The van der Waals surface area contributed by atoms with E-state index >= 15 is 0 Å². The van der Waals surface area contributed by atoms with Crippen molar-refractivity contribution < 1.29 is 14.8 Å². The van der Waals surface area contributed by atoms with Gasteiger partial charge in [-0.05, 0) is 19.4 Å². The second-order valence-electron chi connectivity index (χ2n) is 3.65. The zero-order valence-corrected chi connectivity index (χ0v) is 10.3. The molecule has 0 aliphatic carbocycles. The fraction of sp³-hybridized carbons (Fsp3) is 0.400.